The number of rotatable bonds is 6. The summed E-state index contributed by atoms with van der Waals surface area (Å²) in [5, 5.41) is 0.509. The molecule has 0 N–H and O–H groups in total. The van der Waals surface area contributed by atoms with E-state index in [0.717, 1.165) is 12.8 Å². The molecule has 1 saturated carbocycles. The van der Waals surface area contributed by atoms with Crippen LogP contribution in [0, 0.1) is 0 Å². The summed E-state index contributed by atoms with van der Waals surface area (Å²) in [7, 11) is -3.08. The van der Waals surface area contributed by atoms with Crippen LogP contribution >= 0.6 is 11.6 Å². The molecule has 0 aromatic heterocycles. The van der Waals surface area contributed by atoms with Crippen molar-refractivity contribution in [3.63, 3.8) is 0 Å². The number of sulfone groups is 1. The first-order valence-corrected chi connectivity index (χ1v) is 10.7. The highest BCUT2D eigenvalue weighted by Crippen LogP contribution is 2.32. The Hall–Kier alpha value is -1.86. The van der Waals surface area contributed by atoms with Gasteiger partial charge in [0.2, 0.25) is 0 Å². The van der Waals surface area contributed by atoms with Crippen molar-refractivity contribution in [1.29, 1.82) is 0 Å². The van der Waals surface area contributed by atoms with Gasteiger partial charge in [-0.05, 0) is 37.0 Å². The Balaban J connectivity index is 1.55. The van der Waals surface area contributed by atoms with Crippen molar-refractivity contribution in [1.82, 2.24) is 4.90 Å². The minimum atomic E-state index is -3.08. The fraction of sp³-hybridized carbons (Fsp3) is 0.444. The molecule has 0 unspecified atom stereocenters. The number of nitrogens with zero attached hydrogens (tertiary/aromatic N) is 1. The van der Waals surface area contributed by atoms with E-state index in [1.165, 1.54) is 12.2 Å². The number of ether oxygens (including phenoxy) is 1. The Morgan fingerprint density at radius 1 is 1.19 bits per heavy atom. The van der Waals surface area contributed by atoms with E-state index in [0.29, 0.717) is 17.0 Å². The van der Waals surface area contributed by atoms with Crippen molar-refractivity contribution in [2.45, 2.75) is 31.3 Å². The number of benzene rings is 1. The van der Waals surface area contributed by atoms with Crippen molar-refractivity contribution in [3.05, 3.63) is 40.9 Å². The minimum absolute atomic E-state index is 0.00437. The second-order valence-electron chi connectivity index (χ2n) is 6.55. The lowest BCUT2D eigenvalue weighted by molar-refractivity contribution is -0.149. The molecule has 1 aromatic carbocycles. The third-order valence-electron chi connectivity index (χ3n) is 4.47. The largest absolute Gasteiger partial charge is 0.452 e. The van der Waals surface area contributed by atoms with Crippen LogP contribution in [-0.4, -0.2) is 55.4 Å². The van der Waals surface area contributed by atoms with Gasteiger partial charge in [0.05, 0.1) is 11.5 Å². The Morgan fingerprint density at radius 2 is 1.92 bits per heavy atom. The Morgan fingerprint density at radius 3 is 2.54 bits per heavy atom. The summed E-state index contributed by atoms with van der Waals surface area (Å²) >= 11 is 6.00. The first-order valence-electron chi connectivity index (χ1n) is 8.47. The molecule has 0 spiro atoms. The van der Waals surface area contributed by atoms with E-state index >= 15 is 0 Å². The number of halogens is 1. The number of carbonyl (C=O) groups excluding carboxylic acids is 2. The van der Waals surface area contributed by atoms with Gasteiger partial charge < -0.3 is 9.64 Å². The lowest BCUT2D eigenvalue weighted by Crippen LogP contribution is -2.44. The van der Waals surface area contributed by atoms with Crippen molar-refractivity contribution < 1.29 is 22.7 Å². The van der Waals surface area contributed by atoms with Gasteiger partial charge in [-0.15, -0.1) is 0 Å². The molecule has 3 rings (SSSR count). The first-order chi connectivity index (χ1) is 12.4. The summed E-state index contributed by atoms with van der Waals surface area (Å²) in [5.74, 6) is -0.883. The van der Waals surface area contributed by atoms with Gasteiger partial charge in [0.15, 0.2) is 16.4 Å². The van der Waals surface area contributed by atoms with E-state index in [1.54, 1.807) is 29.2 Å². The van der Waals surface area contributed by atoms with Gasteiger partial charge in [-0.1, -0.05) is 29.8 Å². The highest BCUT2D eigenvalue weighted by molar-refractivity contribution is 7.91. The molecule has 6 nitrogen and oxygen atoms in total. The SMILES string of the molecule is O=C(/C=C/c1ccccc1Cl)OCC(=O)N(C1CC1)[C@H]1CCS(=O)(=O)C1. The summed E-state index contributed by atoms with van der Waals surface area (Å²) < 4.78 is 28.4. The van der Waals surface area contributed by atoms with Crippen LogP contribution in [0.2, 0.25) is 5.02 Å². The monoisotopic (exact) mass is 397 g/mol. The molecule has 1 amide bonds. The zero-order chi connectivity index (χ0) is 18.7. The molecule has 1 aliphatic carbocycles. The summed E-state index contributed by atoms with van der Waals surface area (Å²) in [4.78, 5) is 25.9. The molecule has 1 aliphatic heterocycles. The molecular weight excluding hydrogens is 378 g/mol. The predicted molar refractivity (Wildman–Crippen MR) is 98.4 cm³/mol. The Kier molecular flexibility index (Phi) is 5.67. The van der Waals surface area contributed by atoms with Crippen LogP contribution < -0.4 is 0 Å². The van der Waals surface area contributed by atoms with E-state index in [4.69, 9.17) is 16.3 Å². The van der Waals surface area contributed by atoms with Gasteiger partial charge in [-0.2, -0.15) is 0 Å². The summed E-state index contributed by atoms with van der Waals surface area (Å²) in [6.07, 6.45) is 4.92. The molecule has 26 heavy (non-hydrogen) atoms. The summed E-state index contributed by atoms with van der Waals surface area (Å²) in [6.45, 7) is -0.390. The second kappa shape index (κ2) is 7.80. The van der Waals surface area contributed by atoms with Crippen LogP contribution in [0.1, 0.15) is 24.8 Å². The highest BCUT2D eigenvalue weighted by Gasteiger charge is 2.42. The summed E-state index contributed by atoms with van der Waals surface area (Å²) in [5.41, 5.74) is 0.674. The lowest BCUT2D eigenvalue weighted by atomic mass is 10.2. The maximum Gasteiger partial charge on any atom is 0.331 e. The number of carbonyl (C=O) groups is 2. The van der Waals surface area contributed by atoms with Crippen molar-refractivity contribution in [2.24, 2.45) is 0 Å². The third kappa shape index (κ3) is 4.86. The van der Waals surface area contributed by atoms with Gasteiger partial charge in [0, 0.05) is 23.2 Å². The average Bonchev–Trinajstić information content (AvgIpc) is 3.35. The van der Waals surface area contributed by atoms with Crippen molar-refractivity contribution in [3.8, 4) is 0 Å². The molecule has 1 saturated heterocycles. The van der Waals surface area contributed by atoms with Crippen LogP contribution in [-0.2, 0) is 24.2 Å². The van der Waals surface area contributed by atoms with Gasteiger partial charge in [-0.3, -0.25) is 4.79 Å². The van der Waals surface area contributed by atoms with Gasteiger partial charge in [0.1, 0.15) is 0 Å². The molecule has 1 heterocycles. The van der Waals surface area contributed by atoms with Gasteiger partial charge in [-0.25, -0.2) is 13.2 Å². The minimum Gasteiger partial charge on any atom is -0.452 e. The van der Waals surface area contributed by atoms with Crippen LogP contribution in [0.4, 0.5) is 0 Å². The molecule has 0 radical (unpaired) electrons. The molecule has 1 aromatic rings. The van der Waals surface area contributed by atoms with E-state index in [9.17, 15) is 18.0 Å². The molecule has 2 fully saturated rings. The van der Waals surface area contributed by atoms with Crippen LogP contribution in [0.25, 0.3) is 6.08 Å². The highest BCUT2D eigenvalue weighted by atomic mass is 35.5. The maximum atomic E-state index is 12.5. The standard InChI is InChI=1S/C18H20ClNO5S/c19-16-4-2-1-3-13(16)5-8-18(22)25-11-17(21)20(14-6-7-14)15-9-10-26(23,24)12-15/h1-5,8,14-15H,6-7,9-12H2/b8-5+/t15-/m0/s1. The maximum absolute atomic E-state index is 12.5. The van der Waals surface area contributed by atoms with E-state index < -0.39 is 22.4 Å². The van der Waals surface area contributed by atoms with Crippen molar-refractivity contribution in [2.75, 3.05) is 18.1 Å². The van der Waals surface area contributed by atoms with E-state index in [1.807, 2.05) is 0 Å². The molecule has 8 heteroatoms. The molecular formula is C18H20ClNO5S. The quantitative estimate of drug-likeness (QED) is 0.542. The number of esters is 1. The summed E-state index contributed by atoms with van der Waals surface area (Å²) in [6, 6.07) is 6.80. The fourth-order valence-electron chi connectivity index (χ4n) is 3.08. The zero-order valence-corrected chi connectivity index (χ0v) is 15.7. The molecule has 140 valence electrons. The third-order valence-corrected chi connectivity index (χ3v) is 6.57. The average molecular weight is 398 g/mol. The van der Waals surface area contributed by atoms with Crippen LogP contribution in [0.5, 0.6) is 0 Å². The molecule has 0 bridgehead atoms. The van der Waals surface area contributed by atoms with Gasteiger partial charge in [0.25, 0.3) is 5.91 Å². The fourth-order valence-corrected chi connectivity index (χ4v) is 4.99. The number of amides is 1. The molecule has 2 aliphatic rings. The predicted octanol–water partition coefficient (Wildman–Crippen LogP) is 2.07. The van der Waals surface area contributed by atoms with E-state index in [-0.39, 0.29) is 29.5 Å². The van der Waals surface area contributed by atoms with Crippen LogP contribution in [0.3, 0.4) is 0 Å². The number of hydrogen-bond donors (Lipinski definition) is 0. The Labute approximate surface area is 157 Å². The van der Waals surface area contributed by atoms with Crippen molar-refractivity contribution >= 4 is 39.4 Å². The van der Waals surface area contributed by atoms with Gasteiger partial charge >= 0.3 is 5.97 Å². The zero-order valence-electron chi connectivity index (χ0n) is 14.1. The first kappa shape index (κ1) is 18.9. The Bertz CT molecular complexity index is 832. The lowest BCUT2D eigenvalue weighted by Gasteiger charge is -2.28. The molecule has 1 atom stereocenters. The second-order valence-corrected chi connectivity index (χ2v) is 9.19. The van der Waals surface area contributed by atoms with E-state index in [2.05, 4.69) is 0 Å². The topological polar surface area (TPSA) is 80.8 Å². The normalized spacial score (nSPS) is 21.7. The number of hydrogen-bond acceptors (Lipinski definition) is 5. The smallest absolute Gasteiger partial charge is 0.331 e. The van der Waals surface area contributed by atoms with Crippen LogP contribution in [0.15, 0.2) is 30.3 Å².